The summed E-state index contributed by atoms with van der Waals surface area (Å²) in [5.74, 6) is -0.0674. The van der Waals surface area contributed by atoms with Crippen molar-refractivity contribution in [2.45, 2.75) is 6.18 Å². The molecule has 16 heavy (non-hydrogen) atoms. The number of anilines is 1. The Balaban J connectivity index is 3.12. The number of pyridine rings is 1. The lowest BCUT2D eigenvalue weighted by Crippen LogP contribution is -2.30. The van der Waals surface area contributed by atoms with Gasteiger partial charge in [0.2, 0.25) is 0 Å². The van der Waals surface area contributed by atoms with E-state index in [-0.39, 0.29) is 16.4 Å². The predicted octanol–water partition coefficient (Wildman–Crippen LogP) is 2.22. The highest BCUT2D eigenvalue weighted by molar-refractivity contribution is 6.34. The van der Waals surface area contributed by atoms with Crippen molar-refractivity contribution in [3.63, 3.8) is 0 Å². The molecule has 1 heterocycles. The fourth-order valence-electron chi connectivity index (χ4n) is 0.836. The van der Waals surface area contributed by atoms with Crippen LogP contribution in [0.1, 0.15) is 7.06 Å². The maximum Gasteiger partial charge on any atom is 0.471 e. The summed E-state index contributed by atoms with van der Waals surface area (Å²) in [6, 6.07) is 1.20. The molecule has 1 aromatic rings. The molecular formula is C9H4ClF3N2O. The Hall–Kier alpha value is -1.74. The van der Waals surface area contributed by atoms with Gasteiger partial charge in [-0.05, 0) is 12.0 Å². The van der Waals surface area contributed by atoms with Gasteiger partial charge < -0.3 is 5.32 Å². The SMILES string of the molecule is [3H]C#Cc1nccc(Cl)c1NC(=O)C(F)(F)F. The molecule has 0 saturated heterocycles. The minimum absolute atomic E-state index is 0.143. The molecule has 0 atom stereocenters. The number of halogens is 4. The molecule has 0 spiro atoms. The van der Waals surface area contributed by atoms with E-state index in [1.807, 2.05) is 0 Å². The van der Waals surface area contributed by atoms with Crippen molar-refractivity contribution in [3.8, 4) is 12.3 Å². The summed E-state index contributed by atoms with van der Waals surface area (Å²) in [7, 11) is 0. The van der Waals surface area contributed by atoms with Gasteiger partial charge in [0.25, 0.3) is 0 Å². The summed E-state index contributed by atoms with van der Waals surface area (Å²) >= 11 is 5.61. The molecule has 1 amide bonds. The molecule has 0 unspecified atom stereocenters. The van der Waals surface area contributed by atoms with Gasteiger partial charge in [-0.1, -0.05) is 11.6 Å². The van der Waals surface area contributed by atoms with Gasteiger partial charge >= 0.3 is 12.1 Å². The number of rotatable bonds is 1. The van der Waals surface area contributed by atoms with E-state index >= 15 is 0 Å². The van der Waals surface area contributed by atoms with Crippen molar-refractivity contribution in [1.82, 2.24) is 4.98 Å². The van der Waals surface area contributed by atoms with Crippen LogP contribution in [0, 0.1) is 12.3 Å². The molecule has 0 saturated carbocycles. The number of nitrogens with zero attached hydrogens (tertiary/aromatic N) is 1. The molecule has 0 aliphatic heterocycles. The van der Waals surface area contributed by atoms with Crippen molar-refractivity contribution in [1.29, 1.82) is 0 Å². The summed E-state index contributed by atoms with van der Waals surface area (Å²) in [5, 5.41) is 1.42. The van der Waals surface area contributed by atoms with Crippen LogP contribution in [0.2, 0.25) is 5.02 Å². The van der Waals surface area contributed by atoms with Gasteiger partial charge in [0, 0.05) is 6.20 Å². The monoisotopic (exact) mass is 250 g/mol. The van der Waals surface area contributed by atoms with E-state index in [0.717, 1.165) is 0 Å². The summed E-state index contributed by atoms with van der Waals surface area (Å²) in [6.45, 7) is 0. The summed E-state index contributed by atoms with van der Waals surface area (Å²) in [4.78, 5) is 14.3. The van der Waals surface area contributed by atoms with Crippen molar-refractivity contribution in [2.24, 2.45) is 0 Å². The van der Waals surface area contributed by atoms with Gasteiger partial charge in [-0.15, -0.1) is 6.40 Å². The molecule has 1 rings (SSSR count). The highest BCUT2D eigenvalue weighted by Crippen LogP contribution is 2.26. The first-order chi connectivity index (χ1) is 7.86. The summed E-state index contributed by atoms with van der Waals surface area (Å²) in [5.41, 5.74) is -0.568. The first-order valence-corrected chi connectivity index (χ1v) is 4.19. The molecular weight excluding hydrogens is 245 g/mol. The summed E-state index contributed by atoms with van der Waals surface area (Å²) in [6.07, 6.45) is -2.13. The molecule has 0 fully saturated rings. The fraction of sp³-hybridized carbons (Fsp3) is 0.111. The molecule has 1 N–H and O–H groups in total. The minimum atomic E-state index is -5.04. The minimum Gasteiger partial charge on any atom is -0.315 e. The zero-order valence-corrected chi connectivity index (χ0v) is 8.28. The average molecular weight is 251 g/mol. The number of carbonyl (C=O) groups is 1. The zero-order chi connectivity index (χ0) is 13.1. The molecule has 84 valence electrons. The first kappa shape index (κ1) is 10.8. The number of aromatic nitrogens is 1. The third kappa shape index (κ3) is 2.64. The Kier molecular flexibility index (Phi) is 2.97. The van der Waals surface area contributed by atoms with Crippen molar-refractivity contribution in [2.75, 3.05) is 5.32 Å². The molecule has 0 radical (unpaired) electrons. The van der Waals surface area contributed by atoms with E-state index in [4.69, 9.17) is 13.0 Å². The van der Waals surface area contributed by atoms with E-state index < -0.39 is 12.1 Å². The second-order valence-corrected chi connectivity index (χ2v) is 3.00. The Morgan fingerprint density at radius 3 is 2.94 bits per heavy atom. The molecule has 0 aliphatic rings. The molecule has 0 aromatic carbocycles. The lowest BCUT2D eigenvalue weighted by atomic mass is 10.3. The number of terminal acetylenes is 1. The van der Waals surface area contributed by atoms with Gasteiger partial charge in [-0.2, -0.15) is 13.2 Å². The number of amides is 1. The molecule has 0 bridgehead atoms. The highest BCUT2D eigenvalue weighted by atomic mass is 35.5. The van der Waals surface area contributed by atoms with Crippen molar-refractivity contribution < 1.29 is 19.3 Å². The molecule has 0 aliphatic carbocycles. The number of carbonyl (C=O) groups excluding carboxylic acids is 1. The van der Waals surface area contributed by atoms with E-state index in [1.54, 1.807) is 11.7 Å². The third-order valence-corrected chi connectivity index (χ3v) is 1.83. The van der Waals surface area contributed by atoms with Gasteiger partial charge in [0.05, 0.1) is 10.7 Å². The van der Waals surface area contributed by atoms with Crippen LogP contribution in [0.15, 0.2) is 12.3 Å². The smallest absolute Gasteiger partial charge is 0.315 e. The largest absolute Gasteiger partial charge is 0.471 e. The van der Waals surface area contributed by atoms with Gasteiger partial charge in [-0.25, -0.2) is 4.98 Å². The molecule has 3 nitrogen and oxygen atoms in total. The zero-order valence-electron chi connectivity index (χ0n) is 8.52. The van der Waals surface area contributed by atoms with Gasteiger partial charge in [0.15, 0.2) is 0 Å². The molecule has 1 aromatic heterocycles. The second kappa shape index (κ2) is 4.41. The Morgan fingerprint density at radius 2 is 2.38 bits per heavy atom. The number of hydrogen-bond acceptors (Lipinski definition) is 2. The van der Waals surface area contributed by atoms with Gasteiger partial charge in [-0.3, -0.25) is 4.79 Å². The van der Waals surface area contributed by atoms with Crippen molar-refractivity contribution >= 4 is 23.2 Å². The van der Waals surface area contributed by atoms with Crippen LogP contribution in [0.3, 0.4) is 0 Å². The normalized spacial score (nSPS) is 11.1. The van der Waals surface area contributed by atoms with Crippen LogP contribution in [0.25, 0.3) is 0 Å². The van der Waals surface area contributed by atoms with E-state index in [0.29, 0.717) is 0 Å². The second-order valence-electron chi connectivity index (χ2n) is 2.59. The lowest BCUT2D eigenvalue weighted by molar-refractivity contribution is -0.167. The van der Waals surface area contributed by atoms with Crippen LogP contribution < -0.4 is 5.32 Å². The van der Waals surface area contributed by atoms with Crippen LogP contribution >= 0.6 is 11.6 Å². The number of alkyl halides is 3. The lowest BCUT2D eigenvalue weighted by Gasteiger charge is -2.10. The Morgan fingerprint density at radius 1 is 1.69 bits per heavy atom. The van der Waals surface area contributed by atoms with Gasteiger partial charge in [0.1, 0.15) is 7.06 Å². The topological polar surface area (TPSA) is 42.0 Å². The standard InChI is InChI=1S/C9H4ClF3N2O/c1-2-6-7(5(10)3-4-14-6)15-8(16)9(11,12)13/h1,3-4H,(H,15,16)/i1T. The summed E-state index contributed by atoms with van der Waals surface area (Å²) < 4.78 is 42.7. The van der Waals surface area contributed by atoms with Crippen molar-refractivity contribution in [3.05, 3.63) is 23.0 Å². The van der Waals surface area contributed by atoms with Crippen LogP contribution in [-0.2, 0) is 4.79 Å². The van der Waals surface area contributed by atoms with Crippen LogP contribution in [-0.4, -0.2) is 17.1 Å². The van der Waals surface area contributed by atoms with E-state index in [9.17, 15) is 18.0 Å². The first-order valence-electron chi connectivity index (χ1n) is 4.31. The predicted molar refractivity (Wildman–Crippen MR) is 51.9 cm³/mol. The van der Waals surface area contributed by atoms with E-state index in [1.165, 1.54) is 12.3 Å². The number of hydrogen-bond donors (Lipinski definition) is 1. The van der Waals surface area contributed by atoms with E-state index in [2.05, 4.69) is 10.9 Å². The Bertz CT molecular complexity index is 507. The number of nitrogens with one attached hydrogen (secondary N) is 1. The highest BCUT2D eigenvalue weighted by Gasteiger charge is 2.39. The van der Waals surface area contributed by atoms with Crippen LogP contribution in [0.5, 0.6) is 0 Å². The average Bonchev–Trinajstić information content (AvgIpc) is 2.22. The fourth-order valence-corrected chi connectivity index (χ4v) is 1.03. The van der Waals surface area contributed by atoms with Crippen LogP contribution in [0.4, 0.5) is 18.9 Å². The third-order valence-electron chi connectivity index (χ3n) is 1.51. The maximum atomic E-state index is 12.0. The molecule has 7 heteroatoms. The maximum absolute atomic E-state index is 12.0. The Labute approximate surface area is 95.0 Å². The quantitative estimate of drug-likeness (QED) is 0.777.